The lowest BCUT2D eigenvalue weighted by molar-refractivity contribution is -0.119. The van der Waals surface area contributed by atoms with Crippen LogP contribution in [-0.4, -0.2) is 42.6 Å². The van der Waals surface area contributed by atoms with Crippen molar-refractivity contribution in [3.05, 3.63) is 11.2 Å². The number of aromatic nitrogens is 2. The van der Waals surface area contributed by atoms with Gasteiger partial charge in [0.1, 0.15) is 5.02 Å². The van der Waals surface area contributed by atoms with Crippen molar-refractivity contribution in [3.8, 4) is 0 Å². The fourth-order valence-corrected chi connectivity index (χ4v) is 2.55. The van der Waals surface area contributed by atoms with Crippen molar-refractivity contribution in [2.75, 3.05) is 36.9 Å². The van der Waals surface area contributed by atoms with E-state index in [0.717, 1.165) is 38.3 Å². The minimum atomic E-state index is 0.0323. The zero-order valence-electron chi connectivity index (χ0n) is 11.8. The van der Waals surface area contributed by atoms with E-state index in [4.69, 9.17) is 11.6 Å². The largest absolute Gasteiger partial charge is 0.357 e. The van der Waals surface area contributed by atoms with Gasteiger partial charge in [-0.3, -0.25) is 4.79 Å². The molecular formula is C13H20ClN5O. The number of halogens is 1. The van der Waals surface area contributed by atoms with Crippen LogP contribution in [0.1, 0.15) is 19.8 Å². The number of amides is 1. The molecular weight excluding hydrogens is 278 g/mol. The van der Waals surface area contributed by atoms with E-state index in [0.29, 0.717) is 16.9 Å². The molecule has 0 atom stereocenters. The Bertz CT molecular complexity index is 474. The van der Waals surface area contributed by atoms with Gasteiger partial charge in [0.25, 0.3) is 0 Å². The van der Waals surface area contributed by atoms with Crippen molar-refractivity contribution < 1.29 is 4.79 Å². The van der Waals surface area contributed by atoms with Gasteiger partial charge in [-0.15, -0.1) is 0 Å². The van der Waals surface area contributed by atoms with Gasteiger partial charge >= 0.3 is 0 Å². The third-order valence-electron chi connectivity index (χ3n) is 3.50. The quantitative estimate of drug-likeness (QED) is 0.882. The SMILES string of the molecule is CNc1ncc(Cl)c(N2CCC(CNC(C)=O)CC2)n1. The highest BCUT2D eigenvalue weighted by atomic mass is 35.5. The van der Waals surface area contributed by atoms with Gasteiger partial charge in [-0.25, -0.2) is 4.98 Å². The zero-order valence-corrected chi connectivity index (χ0v) is 12.6. The van der Waals surface area contributed by atoms with Gasteiger partial charge in [-0.05, 0) is 18.8 Å². The number of piperidine rings is 1. The van der Waals surface area contributed by atoms with Crippen molar-refractivity contribution in [2.24, 2.45) is 5.92 Å². The van der Waals surface area contributed by atoms with Crippen molar-refractivity contribution in [3.63, 3.8) is 0 Å². The molecule has 2 heterocycles. The molecule has 0 spiro atoms. The molecule has 0 aromatic carbocycles. The number of hydrogen-bond acceptors (Lipinski definition) is 5. The molecule has 110 valence electrons. The van der Waals surface area contributed by atoms with Crippen LogP contribution >= 0.6 is 11.6 Å². The predicted molar refractivity (Wildman–Crippen MR) is 80.2 cm³/mol. The van der Waals surface area contributed by atoms with Gasteiger partial charge in [0.05, 0.1) is 6.20 Å². The van der Waals surface area contributed by atoms with Gasteiger partial charge in [-0.2, -0.15) is 4.98 Å². The monoisotopic (exact) mass is 297 g/mol. The average Bonchev–Trinajstić information content (AvgIpc) is 2.46. The Morgan fingerprint density at radius 2 is 2.20 bits per heavy atom. The van der Waals surface area contributed by atoms with E-state index in [-0.39, 0.29) is 5.91 Å². The summed E-state index contributed by atoms with van der Waals surface area (Å²) in [6.45, 7) is 4.09. The fraction of sp³-hybridized carbons (Fsp3) is 0.615. The molecule has 7 heteroatoms. The van der Waals surface area contributed by atoms with E-state index >= 15 is 0 Å². The van der Waals surface area contributed by atoms with Gasteiger partial charge in [0.15, 0.2) is 5.82 Å². The highest BCUT2D eigenvalue weighted by Gasteiger charge is 2.22. The van der Waals surface area contributed by atoms with Crippen LogP contribution < -0.4 is 15.5 Å². The molecule has 0 aliphatic carbocycles. The summed E-state index contributed by atoms with van der Waals surface area (Å²) in [5, 5.41) is 6.37. The van der Waals surface area contributed by atoms with Crippen LogP contribution in [0.5, 0.6) is 0 Å². The summed E-state index contributed by atoms with van der Waals surface area (Å²) in [4.78, 5) is 21.6. The van der Waals surface area contributed by atoms with Crippen LogP contribution in [0.2, 0.25) is 5.02 Å². The molecule has 0 radical (unpaired) electrons. The van der Waals surface area contributed by atoms with Crippen molar-refractivity contribution in [1.29, 1.82) is 0 Å². The molecule has 1 amide bonds. The lowest BCUT2D eigenvalue weighted by Gasteiger charge is -2.33. The molecule has 0 unspecified atom stereocenters. The third-order valence-corrected chi connectivity index (χ3v) is 3.77. The average molecular weight is 298 g/mol. The molecule has 1 aliphatic rings. The lowest BCUT2D eigenvalue weighted by Crippen LogP contribution is -2.38. The van der Waals surface area contributed by atoms with E-state index in [2.05, 4.69) is 25.5 Å². The Kier molecular flexibility index (Phi) is 5.00. The first-order valence-electron chi connectivity index (χ1n) is 6.80. The Hall–Kier alpha value is -1.56. The Morgan fingerprint density at radius 3 is 2.80 bits per heavy atom. The topological polar surface area (TPSA) is 70.2 Å². The number of anilines is 2. The lowest BCUT2D eigenvalue weighted by atomic mass is 9.97. The predicted octanol–water partition coefficient (Wildman–Crippen LogP) is 1.52. The maximum absolute atomic E-state index is 10.9. The van der Waals surface area contributed by atoms with E-state index in [1.165, 1.54) is 0 Å². The smallest absolute Gasteiger partial charge is 0.224 e. The van der Waals surface area contributed by atoms with Crippen molar-refractivity contribution in [1.82, 2.24) is 15.3 Å². The number of carbonyl (C=O) groups is 1. The Morgan fingerprint density at radius 1 is 1.50 bits per heavy atom. The maximum Gasteiger partial charge on any atom is 0.224 e. The van der Waals surface area contributed by atoms with Gasteiger partial charge in [0.2, 0.25) is 11.9 Å². The molecule has 1 aromatic rings. The minimum Gasteiger partial charge on any atom is -0.357 e. The first kappa shape index (κ1) is 14.8. The summed E-state index contributed by atoms with van der Waals surface area (Å²) in [7, 11) is 1.78. The summed E-state index contributed by atoms with van der Waals surface area (Å²) in [5.74, 6) is 1.92. The molecule has 2 rings (SSSR count). The first-order valence-corrected chi connectivity index (χ1v) is 7.17. The molecule has 1 aromatic heterocycles. The Labute approximate surface area is 123 Å². The van der Waals surface area contributed by atoms with Crippen LogP contribution in [0.3, 0.4) is 0 Å². The second-order valence-corrected chi connectivity index (χ2v) is 5.39. The third kappa shape index (κ3) is 3.72. The van der Waals surface area contributed by atoms with E-state index in [1.54, 1.807) is 20.2 Å². The maximum atomic E-state index is 10.9. The van der Waals surface area contributed by atoms with Gasteiger partial charge < -0.3 is 15.5 Å². The molecule has 1 aliphatic heterocycles. The van der Waals surface area contributed by atoms with Crippen molar-refractivity contribution in [2.45, 2.75) is 19.8 Å². The number of hydrogen-bond donors (Lipinski definition) is 2. The minimum absolute atomic E-state index is 0.0323. The molecule has 6 nitrogen and oxygen atoms in total. The molecule has 2 N–H and O–H groups in total. The van der Waals surface area contributed by atoms with E-state index in [1.807, 2.05) is 0 Å². The summed E-state index contributed by atoms with van der Waals surface area (Å²) < 4.78 is 0. The van der Waals surface area contributed by atoms with Gasteiger partial charge in [0, 0.05) is 33.6 Å². The normalized spacial score (nSPS) is 16.1. The summed E-state index contributed by atoms with van der Waals surface area (Å²) in [6.07, 6.45) is 3.67. The number of nitrogens with one attached hydrogen (secondary N) is 2. The van der Waals surface area contributed by atoms with Crippen LogP contribution in [0, 0.1) is 5.92 Å². The second-order valence-electron chi connectivity index (χ2n) is 4.98. The number of carbonyl (C=O) groups excluding carboxylic acids is 1. The second kappa shape index (κ2) is 6.74. The Balaban J connectivity index is 1.95. The molecule has 1 fully saturated rings. The molecule has 0 bridgehead atoms. The zero-order chi connectivity index (χ0) is 14.5. The van der Waals surface area contributed by atoms with Crippen LogP contribution in [0.25, 0.3) is 0 Å². The first-order chi connectivity index (χ1) is 9.60. The van der Waals surface area contributed by atoms with E-state index in [9.17, 15) is 4.79 Å². The fourth-order valence-electron chi connectivity index (χ4n) is 2.34. The molecule has 0 saturated carbocycles. The van der Waals surface area contributed by atoms with Crippen molar-refractivity contribution >= 4 is 29.3 Å². The summed E-state index contributed by atoms with van der Waals surface area (Å²) in [6, 6.07) is 0. The molecule has 1 saturated heterocycles. The van der Waals surface area contributed by atoms with Crippen LogP contribution in [-0.2, 0) is 4.79 Å². The van der Waals surface area contributed by atoms with Gasteiger partial charge in [-0.1, -0.05) is 11.6 Å². The highest BCUT2D eigenvalue weighted by molar-refractivity contribution is 6.32. The van der Waals surface area contributed by atoms with E-state index < -0.39 is 0 Å². The number of rotatable bonds is 4. The highest BCUT2D eigenvalue weighted by Crippen LogP contribution is 2.27. The summed E-state index contributed by atoms with van der Waals surface area (Å²) in [5.41, 5.74) is 0. The van der Waals surface area contributed by atoms with Crippen LogP contribution in [0.15, 0.2) is 6.20 Å². The van der Waals surface area contributed by atoms with Crippen LogP contribution in [0.4, 0.5) is 11.8 Å². The number of nitrogens with zero attached hydrogens (tertiary/aromatic N) is 3. The standard InChI is InChI=1S/C13H20ClN5O/c1-9(20)16-7-10-3-5-19(6-4-10)12-11(14)8-17-13(15-2)18-12/h8,10H,3-7H2,1-2H3,(H,16,20)(H,15,17,18). The summed E-state index contributed by atoms with van der Waals surface area (Å²) >= 11 is 6.17. The molecule has 20 heavy (non-hydrogen) atoms.